The van der Waals surface area contributed by atoms with Crippen LogP contribution in [-0.2, 0) is 0 Å². The Kier molecular flexibility index (Phi) is 2.89. The van der Waals surface area contributed by atoms with E-state index < -0.39 is 0 Å². The third-order valence-electron chi connectivity index (χ3n) is 2.40. The van der Waals surface area contributed by atoms with E-state index in [1.165, 1.54) is 12.8 Å². The second kappa shape index (κ2) is 4.17. The van der Waals surface area contributed by atoms with Gasteiger partial charge in [-0.25, -0.2) is 4.98 Å². The average Bonchev–Trinajstić information content (AvgIpc) is 2.98. The minimum absolute atomic E-state index is 0.528. The van der Waals surface area contributed by atoms with Crippen LogP contribution in [0.1, 0.15) is 44.0 Å². The summed E-state index contributed by atoms with van der Waals surface area (Å²) in [6.07, 6.45) is 4.24. The quantitative estimate of drug-likeness (QED) is 0.759. The molecule has 1 aromatic heterocycles. The first-order valence-electron chi connectivity index (χ1n) is 5.63. The molecule has 3 heteroatoms. The molecule has 1 aromatic rings. The van der Waals surface area contributed by atoms with Gasteiger partial charge in [-0.15, -0.1) is 0 Å². The first-order chi connectivity index (χ1) is 7.16. The highest BCUT2D eigenvalue weighted by molar-refractivity contribution is 5.27. The maximum atomic E-state index is 5.68. The monoisotopic (exact) mass is 206 g/mol. The van der Waals surface area contributed by atoms with Gasteiger partial charge in [0.2, 0.25) is 5.88 Å². The minimum Gasteiger partial charge on any atom is -0.476 e. The van der Waals surface area contributed by atoms with Crippen molar-refractivity contribution in [2.75, 3.05) is 6.61 Å². The number of hydrogen-bond acceptors (Lipinski definition) is 3. The molecule has 1 saturated carbocycles. The third-order valence-corrected chi connectivity index (χ3v) is 2.40. The number of rotatable bonds is 4. The molecule has 82 valence electrons. The summed E-state index contributed by atoms with van der Waals surface area (Å²) in [6.45, 7) is 6.97. The summed E-state index contributed by atoms with van der Waals surface area (Å²) in [4.78, 5) is 8.85. The Morgan fingerprint density at radius 1 is 1.47 bits per heavy atom. The van der Waals surface area contributed by atoms with Gasteiger partial charge in [-0.1, -0.05) is 13.8 Å². The molecular formula is C12H18N2O. The first-order valence-corrected chi connectivity index (χ1v) is 5.63. The number of hydrogen-bond donors (Lipinski definition) is 0. The van der Waals surface area contributed by atoms with Crippen LogP contribution in [-0.4, -0.2) is 16.6 Å². The van der Waals surface area contributed by atoms with E-state index in [1.807, 2.05) is 6.92 Å². The molecule has 1 fully saturated rings. The first kappa shape index (κ1) is 10.4. The molecule has 1 aliphatic carbocycles. The highest BCUT2D eigenvalue weighted by Crippen LogP contribution is 2.42. The van der Waals surface area contributed by atoms with Crippen molar-refractivity contribution in [2.24, 2.45) is 5.92 Å². The standard InChI is InChI=1S/C12H18N2O/c1-8(2)7-15-12-11(10-4-5-10)14-9(3)6-13-12/h6,8,10H,4-5,7H2,1-3H3. The van der Waals surface area contributed by atoms with Crippen molar-refractivity contribution in [1.29, 1.82) is 0 Å². The van der Waals surface area contributed by atoms with Crippen LogP contribution in [0.5, 0.6) is 5.88 Å². The highest BCUT2D eigenvalue weighted by atomic mass is 16.5. The van der Waals surface area contributed by atoms with Crippen LogP contribution < -0.4 is 4.74 Å². The highest BCUT2D eigenvalue weighted by Gasteiger charge is 2.29. The van der Waals surface area contributed by atoms with E-state index in [2.05, 4.69) is 23.8 Å². The van der Waals surface area contributed by atoms with Crippen molar-refractivity contribution >= 4 is 0 Å². The normalized spacial score (nSPS) is 15.7. The zero-order valence-electron chi connectivity index (χ0n) is 9.66. The smallest absolute Gasteiger partial charge is 0.235 e. The van der Waals surface area contributed by atoms with Crippen LogP contribution in [0.3, 0.4) is 0 Å². The van der Waals surface area contributed by atoms with Gasteiger partial charge in [-0.3, -0.25) is 4.98 Å². The molecule has 1 aliphatic rings. The summed E-state index contributed by atoms with van der Waals surface area (Å²) in [5, 5.41) is 0. The van der Waals surface area contributed by atoms with Crippen LogP contribution >= 0.6 is 0 Å². The molecule has 0 spiro atoms. The van der Waals surface area contributed by atoms with Crippen molar-refractivity contribution < 1.29 is 4.74 Å². The zero-order chi connectivity index (χ0) is 10.8. The van der Waals surface area contributed by atoms with E-state index >= 15 is 0 Å². The predicted octanol–water partition coefficient (Wildman–Crippen LogP) is 2.70. The van der Waals surface area contributed by atoms with E-state index in [9.17, 15) is 0 Å². The number of nitrogens with zero attached hydrogens (tertiary/aromatic N) is 2. The van der Waals surface area contributed by atoms with Crippen LogP contribution in [0, 0.1) is 12.8 Å². The van der Waals surface area contributed by atoms with E-state index in [0.29, 0.717) is 11.8 Å². The van der Waals surface area contributed by atoms with Gasteiger partial charge in [-0.2, -0.15) is 0 Å². The molecule has 15 heavy (non-hydrogen) atoms. The molecule has 0 bridgehead atoms. The Morgan fingerprint density at radius 2 is 2.20 bits per heavy atom. The third kappa shape index (κ3) is 2.67. The molecule has 0 atom stereocenters. The molecule has 0 aliphatic heterocycles. The molecule has 0 amide bonds. The number of aromatic nitrogens is 2. The summed E-state index contributed by atoms with van der Waals surface area (Å²) < 4.78 is 5.68. The fourth-order valence-corrected chi connectivity index (χ4v) is 1.46. The molecule has 3 nitrogen and oxygen atoms in total. The van der Waals surface area contributed by atoms with Gasteiger partial charge < -0.3 is 4.74 Å². The molecule has 1 heterocycles. The van der Waals surface area contributed by atoms with Gasteiger partial charge in [0.25, 0.3) is 0 Å². The van der Waals surface area contributed by atoms with Gasteiger partial charge in [0.1, 0.15) is 5.69 Å². The van der Waals surface area contributed by atoms with Crippen LogP contribution in [0.2, 0.25) is 0 Å². The summed E-state index contributed by atoms with van der Waals surface area (Å²) >= 11 is 0. The Hall–Kier alpha value is -1.12. The molecule has 0 aromatic carbocycles. The SMILES string of the molecule is Cc1cnc(OCC(C)C)c(C2CC2)n1. The molecule has 0 saturated heterocycles. The summed E-state index contributed by atoms with van der Waals surface area (Å²) in [5.41, 5.74) is 2.05. The second-order valence-corrected chi connectivity index (χ2v) is 4.68. The maximum absolute atomic E-state index is 5.68. The van der Waals surface area contributed by atoms with Crippen molar-refractivity contribution in [3.63, 3.8) is 0 Å². The van der Waals surface area contributed by atoms with E-state index in [0.717, 1.165) is 23.9 Å². The lowest BCUT2D eigenvalue weighted by Crippen LogP contribution is -2.08. The Bertz CT molecular complexity index is 345. The van der Waals surface area contributed by atoms with E-state index in [1.54, 1.807) is 6.20 Å². The van der Waals surface area contributed by atoms with Crippen LogP contribution in [0.4, 0.5) is 0 Å². The molecule has 0 unspecified atom stereocenters. The molecule has 0 N–H and O–H groups in total. The lowest BCUT2D eigenvalue weighted by molar-refractivity contribution is 0.257. The van der Waals surface area contributed by atoms with Gasteiger partial charge in [0.05, 0.1) is 18.5 Å². The van der Waals surface area contributed by atoms with E-state index in [-0.39, 0.29) is 0 Å². The summed E-state index contributed by atoms with van der Waals surface area (Å²) in [5.74, 6) is 1.87. The van der Waals surface area contributed by atoms with E-state index in [4.69, 9.17) is 4.74 Å². The maximum Gasteiger partial charge on any atom is 0.235 e. The average molecular weight is 206 g/mol. The number of ether oxygens (including phenoxy) is 1. The van der Waals surface area contributed by atoms with Crippen molar-refractivity contribution in [3.8, 4) is 5.88 Å². The fourth-order valence-electron chi connectivity index (χ4n) is 1.46. The van der Waals surface area contributed by atoms with Crippen LogP contribution in [0.15, 0.2) is 6.20 Å². The number of aryl methyl sites for hydroxylation is 1. The molecule has 0 radical (unpaired) electrons. The van der Waals surface area contributed by atoms with Gasteiger partial charge in [-0.05, 0) is 25.7 Å². The van der Waals surface area contributed by atoms with Crippen molar-refractivity contribution in [1.82, 2.24) is 9.97 Å². The zero-order valence-corrected chi connectivity index (χ0v) is 9.66. The minimum atomic E-state index is 0.528. The fraction of sp³-hybridized carbons (Fsp3) is 0.667. The molecule has 2 rings (SSSR count). The summed E-state index contributed by atoms with van der Waals surface area (Å²) in [6, 6.07) is 0. The lowest BCUT2D eigenvalue weighted by atomic mass is 10.2. The second-order valence-electron chi connectivity index (χ2n) is 4.68. The summed E-state index contributed by atoms with van der Waals surface area (Å²) in [7, 11) is 0. The Labute approximate surface area is 90.9 Å². The van der Waals surface area contributed by atoms with Crippen molar-refractivity contribution in [3.05, 3.63) is 17.6 Å². The van der Waals surface area contributed by atoms with Gasteiger partial charge in [0, 0.05) is 5.92 Å². The topological polar surface area (TPSA) is 35.0 Å². The Morgan fingerprint density at radius 3 is 2.80 bits per heavy atom. The Balaban J connectivity index is 2.14. The predicted molar refractivity (Wildman–Crippen MR) is 59.1 cm³/mol. The lowest BCUT2D eigenvalue weighted by Gasteiger charge is -2.11. The van der Waals surface area contributed by atoms with Crippen molar-refractivity contribution in [2.45, 2.75) is 39.5 Å². The van der Waals surface area contributed by atoms with Gasteiger partial charge in [0.15, 0.2) is 0 Å². The van der Waals surface area contributed by atoms with Crippen LogP contribution in [0.25, 0.3) is 0 Å². The molecular weight excluding hydrogens is 188 g/mol. The largest absolute Gasteiger partial charge is 0.476 e. The van der Waals surface area contributed by atoms with Gasteiger partial charge >= 0.3 is 0 Å².